The second kappa shape index (κ2) is 4.48. The lowest BCUT2D eigenvalue weighted by Crippen LogP contribution is -2.40. The highest BCUT2D eigenvalue weighted by molar-refractivity contribution is 4.91. The van der Waals surface area contributed by atoms with Crippen molar-refractivity contribution in [3.8, 4) is 0 Å². The van der Waals surface area contributed by atoms with Gasteiger partial charge in [-0.25, -0.2) is 0 Å². The summed E-state index contributed by atoms with van der Waals surface area (Å²) in [6.07, 6.45) is 3.13. The van der Waals surface area contributed by atoms with Gasteiger partial charge in [0.15, 0.2) is 0 Å². The van der Waals surface area contributed by atoms with E-state index < -0.39 is 0 Å². The van der Waals surface area contributed by atoms with Crippen molar-refractivity contribution in [2.75, 3.05) is 0 Å². The van der Waals surface area contributed by atoms with Crippen molar-refractivity contribution < 1.29 is 1.37 Å². The van der Waals surface area contributed by atoms with Crippen LogP contribution in [0.3, 0.4) is 0 Å². The first kappa shape index (κ1) is 11.1. The molecule has 0 N–H and O–H groups in total. The molecule has 0 heteroatoms. The molecule has 1 atom stereocenters. The Morgan fingerprint density at radius 2 is 1.46 bits per heavy atom. The highest BCUT2D eigenvalue weighted by atomic mass is 14.5. The predicted molar refractivity (Wildman–Crippen MR) is 61.9 cm³/mol. The van der Waals surface area contributed by atoms with E-state index >= 15 is 0 Å². The van der Waals surface area contributed by atoms with Gasteiger partial charge in [-0.3, -0.25) is 0 Å². The van der Waals surface area contributed by atoms with Gasteiger partial charge in [0.05, 0.1) is 0 Å². The molecule has 0 saturated heterocycles. The summed E-state index contributed by atoms with van der Waals surface area (Å²) in [4.78, 5) is 0. The molecule has 0 amide bonds. The standard InChI is InChI=1S/C13H28/c1-8-11(4)13(9-2,10-3)12(5,6)7/h11H,8-10H2,1-7H3/i11D. The third-order valence-electron chi connectivity index (χ3n) is 3.99. The first-order valence-electron chi connectivity index (χ1n) is 6.18. The minimum Gasteiger partial charge on any atom is -0.0651 e. The molecule has 0 nitrogen and oxygen atoms in total. The minimum atomic E-state index is -0.311. The molecule has 0 aliphatic carbocycles. The molecule has 0 aromatic heterocycles. The summed E-state index contributed by atoms with van der Waals surface area (Å²) in [7, 11) is 0. The highest BCUT2D eigenvalue weighted by Crippen LogP contribution is 2.50. The topological polar surface area (TPSA) is 0 Å². The van der Waals surface area contributed by atoms with Gasteiger partial charge < -0.3 is 0 Å². The molecule has 0 spiro atoms. The summed E-state index contributed by atoms with van der Waals surface area (Å²) in [5.41, 5.74) is 0.345. The smallest absolute Gasteiger partial charge is 0.0306 e. The molecule has 0 aliphatic heterocycles. The van der Waals surface area contributed by atoms with Crippen molar-refractivity contribution in [2.45, 2.75) is 67.7 Å². The van der Waals surface area contributed by atoms with Crippen LogP contribution in [0.4, 0.5) is 0 Å². The van der Waals surface area contributed by atoms with Crippen LogP contribution in [0, 0.1) is 16.7 Å². The van der Waals surface area contributed by atoms with Crippen molar-refractivity contribution in [1.29, 1.82) is 0 Å². The van der Waals surface area contributed by atoms with Gasteiger partial charge in [0.2, 0.25) is 0 Å². The summed E-state index contributed by atoms with van der Waals surface area (Å²) < 4.78 is 8.54. The van der Waals surface area contributed by atoms with Crippen LogP contribution in [0.15, 0.2) is 0 Å². The van der Waals surface area contributed by atoms with E-state index in [1.54, 1.807) is 0 Å². The molecular weight excluding hydrogens is 156 g/mol. The van der Waals surface area contributed by atoms with Crippen LogP contribution in [0.2, 0.25) is 0 Å². The number of hydrogen-bond donors (Lipinski definition) is 0. The Hall–Kier alpha value is 0. The quantitative estimate of drug-likeness (QED) is 0.585. The van der Waals surface area contributed by atoms with E-state index in [9.17, 15) is 0 Å². The molecule has 1 unspecified atom stereocenters. The van der Waals surface area contributed by atoms with E-state index in [1.165, 1.54) is 0 Å². The Kier molecular flexibility index (Phi) is 3.82. The van der Waals surface area contributed by atoms with Crippen LogP contribution < -0.4 is 0 Å². The normalized spacial score (nSPS) is 19.5. The fourth-order valence-corrected chi connectivity index (χ4v) is 2.89. The van der Waals surface area contributed by atoms with Crippen molar-refractivity contribution in [1.82, 2.24) is 0 Å². The average Bonchev–Trinajstić information content (AvgIpc) is 2.04. The van der Waals surface area contributed by atoms with Gasteiger partial charge in [0.25, 0.3) is 0 Å². The van der Waals surface area contributed by atoms with Crippen LogP contribution in [0.25, 0.3) is 0 Å². The van der Waals surface area contributed by atoms with Gasteiger partial charge >= 0.3 is 0 Å². The zero-order valence-electron chi connectivity index (χ0n) is 11.6. The fraction of sp³-hybridized carbons (Fsp3) is 1.00. The summed E-state index contributed by atoms with van der Waals surface area (Å²) >= 11 is 0. The van der Waals surface area contributed by atoms with Gasteiger partial charge in [0.1, 0.15) is 0 Å². The Morgan fingerprint density at radius 3 is 1.54 bits per heavy atom. The van der Waals surface area contributed by atoms with Crippen LogP contribution in [0.5, 0.6) is 0 Å². The summed E-state index contributed by atoms with van der Waals surface area (Å²) in [5.74, 6) is -0.311. The molecule has 0 aromatic carbocycles. The van der Waals surface area contributed by atoms with Gasteiger partial charge in [-0.15, -0.1) is 0 Å². The minimum absolute atomic E-state index is 0.134. The third kappa shape index (κ3) is 2.27. The fourth-order valence-electron chi connectivity index (χ4n) is 2.89. The molecule has 0 radical (unpaired) electrons. The van der Waals surface area contributed by atoms with Crippen LogP contribution >= 0.6 is 0 Å². The monoisotopic (exact) mass is 185 g/mol. The molecule has 0 rings (SSSR count). The number of hydrogen-bond acceptors (Lipinski definition) is 0. The third-order valence-corrected chi connectivity index (χ3v) is 3.99. The Morgan fingerprint density at radius 1 is 1.08 bits per heavy atom. The summed E-state index contributed by atoms with van der Waals surface area (Å²) in [6, 6.07) is 0. The van der Waals surface area contributed by atoms with Crippen LogP contribution in [-0.2, 0) is 0 Å². The lowest BCUT2D eigenvalue weighted by molar-refractivity contribution is 0.0113. The molecule has 0 saturated carbocycles. The van der Waals surface area contributed by atoms with Crippen LogP contribution in [-0.4, -0.2) is 0 Å². The van der Waals surface area contributed by atoms with Gasteiger partial charge in [0, 0.05) is 1.37 Å². The van der Waals surface area contributed by atoms with E-state index in [1.807, 2.05) is 0 Å². The van der Waals surface area contributed by atoms with Crippen LogP contribution in [0.1, 0.15) is 69.1 Å². The van der Waals surface area contributed by atoms with Crippen molar-refractivity contribution >= 4 is 0 Å². The molecule has 0 heterocycles. The van der Waals surface area contributed by atoms with E-state index in [0.29, 0.717) is 0 Å². The Labute approximate surface area is 86.5 Å². The second-order valence-corrected chi connectivity index (χ2v) is 5.17. The highest BCUT2D eigenvalue weighted by Gasteiger charge is 2.42. The lowest BCUT2D eigenvalue weighted by atomic mass is 9.57. The molecule has 0 bridgehead atoms. The van der Waals surface area contributed by atoms with E-state index in [-0.39, 0.29) is 16.7 Å². The summed E-state index contributed by atoms with van der Waals surface area (Å²) in [6.45, 7) is 15.5. The van der Waals surface area contributed by atoms with E-state index in [0.717, 1.165) is 19.3 Å². The zero-order chi connectivity index (χ0) is 11.6. The van der Waals surface area contributed by atoms with Gasteiger partial charge in [-0.2, -0.15) is 0 Å². The maximum atomic E-state index is 8.54. The SMILES string of the molecule is [2H]C(C)(CC)C(CC)(CC)C(C)(C)C. The summed E-state index contributed by atoms with van der Waals surface area (Å²) in [5, 5.41) is 0. The Bertz CT molecular complexity index is 170. The van der Waals surface area contributed by atoms with E-state index in [4.69, 9.17) is 1.37 Å². The van der Waals surface area contributed by atoms with E-state index in [2.05, 4.69) is 48.5 Å². The second-order valence-electron chi connectivity index (χ2n) is 5.17. The maximum Gasteiger partial charge on any atom is 0.0306 e. The Balaban J connectivity index is 5.29. The van der Waals surface area contributed by atoms with Gasteiger partial charge in [-0.05, 0) is 29.6 Å². The molecule has 0 fully saturated rings. The zero-order valence-corrected chi connectivity index (χ0v) is 10.6. The predicted octanol–water partition coefficient (Wildman–Crippen LogP) is 4.89. The molecular formula is C13H28. The number of rotatable bonds is 4. The molecule has 0 aromatic rings. The molecule has 80 valence electrons. The molecule has 13 heavy (non-hydrogen) atoms. The van der Waals surface area contributed by atoms with Crippen molar-refractivity contribution in [2.24, 2.45) is 16.7 Å². The molecule has 0 aliphatic rings. The van der Waals surface area contributed by atoms with Crippen molar-refractivity contribution in [3.63, 3.8) is 0 Å². The largest absolute Gasteiger partial charge is 0.0651 e. The first-order chi connectivity index (χ1) is 6.18. The van der Waals surface area contributed by atoms with Crippen molar-refractivity contribution in [3.05, 3.63) is 0 Å². The average molecular weight is 185 g/mol. The lowest BCUT2D eigenvalue weighted by Gasteiger charge is -2.48. The first-order valence-corrected chi connectivity index (χ1v) is 5.68. The van der Waals surface area contributed by atoms with Gasteiger partial charge in [-0.1, -0.05) is 54.9 Å². The maximum absolute atomic E-state index is 8.54.